The van der Waals surface area contributed by atoms with E-state index in [0.717, 1.165) is 13.0 Å². The molecule has 2 rings (SSSR count). The maximum absolute atomic E-state index is 3.50. The van der Waals surface area contributed by atoms with Crippen molar-refractivity contribution in [2.75, 3.05) is 6.54 Å². The number of hydrogen-bond donors (Lipinski definition) is 1. The van der Waals surface area contributed by atoms with E-state index in [1.807, 2.05) is 18.3 Å². The molecule has 0 aliphatic carbocycles. The number of hydrogen-bond acceptors (Lipinski definition) is 3. The standard InChI is InChI=1S/C14H15NS2/c1-2-3-8-15-13(14-7-5-10-17-14)11-12-6-4-9-16-12/h4-7,9-10,13,15H,8,11H2,1H3. The van der Waals surface area contributed by atoms with Crippen LogP contribution in [-0.2, 0) is 6.42 Å². The Kier molecular flexibility index (Phi) is 4.81. The van der Waals surface area contributed by atoms with Crippen molar-refractivity contribution in [2.24, 2.45) is 0 Å². The Morgan fingerprint density at radius 1 is 1.24 bits per heavy atom. The van der Waals surface area contributed by atoms with Gasteiger partial charge in [0.1, 0.15) is 0 Å². The number of nitrogens with one attached hydrogen (secondary N) is 1. The molecule has 3 heteroatoms. The second-order valence-corrected chi connectivity index (χ2v) is 5.67. The van der Waals surface area contributed by atoms with Crippen LogP contribution in [0.3, 0.4) is 0 Å². The molecule has 0 bridgehead atoms. The van der Waals surface area contributed by atoms with Gasteiger partial charge in [0, 0.05) is 22.2 Å². The van der Waals surface area contributed by atoms with Crippen LogP contribution in [0.25, 0.3) is 0 Å². The predicted molar refractivity (Wildman–Crippen MR) is 76.5 cm³/mol. The second-order valence-electron chi connectivity index (χ2n) is 3.66. The molecule has 0 fully saturated rings. The van der Waals surface area contributed by atoms with Gasteiger partial charge in [0.05, 0.1) is 6.54 Å². The van der Waals surface area contributed by atoms with Crippen molar-refractivity contribution < 1.29 is 0 Å². The van der Waals surface area contributed by atoms with E-state index in [0.29, 0.717) is 6.04 Å². The molecule has 0 amide bonds. The lowest BCUT2D eigenvalue weighted by Crippen LogP contribution is -2.22. The lowest BCUT2D eigenvalue weighted by atomic mass is 10.1. The average Bonchev–Trinajstić information content (AvgIpc) is 3.01. The monoisotopic (exact) mass is 261 g/mol. The van der Waals surface area contributed by atoms with E-state index in [1.165, 1.54) is 9.75 Å². The van der Waals surface area contributed by atoms with Crippen LogP contribution in [0.4, 0.5) is 0 Å². The molecule has 2 heterocycles. The van der Waals surface area contributed by atoms with E-state index >= 15 is 0 Å². The van der Waals surface area contributed by atoms with Crippen molar-refractivity contribution in [3.8, 4) is 11.8 Å². The van der Waals surface area contributed by atoms with E-state index in [2.05, 4.69) is 52.2 Å². The van der Waals surface area contributed by atoms with Gasteiger partial charge in [-0.2, -0.15) is 0 Å². The quantitative estimate of drug-likeness (QED) is 0.809. The highest BCUT2D eigenvalue weighted by molar-refractivity contribution is 7.10. The van der Waals surface area contributed by atoms with E-state index in [1.54, 1.807) is 11.3 Å². The highest BCUT2D eigenvalue weighted by Crippen LogP contribution is 2.24. The smallest absolute Gasteiger partial charge is 0.0581 e. The van der Waals surface area contributed by atoms with Crippen molar-refractivity contribution in [3.05, 3.63) is 44.8 Å². The summed E-state index contributed by atoms with van der Waals surface area (Å²) < 4.78 is 0. The normalized spacial score (nSPS) is 11.8. The Hall–Kier alpha value is -1.08. The first-order valence-electron chi connectivity index (χ1n) is 5.59. The van der Waals surface area contributed by atoms with Gasteiger partial charge in [-0.3, -0.25) is 5.32 Å². The first-order chi connectivity index (χ1) is 8.40. The van der Waals surface area contributed by atoms with E-state index in [-0.39, 0.29) is 0 Å². The van der Waals surface area contributed by atoms with Crippen LogP contribution >= 0.6 is 22.7 Å². The Morgan fingerprint density at radius 3 is 2.71 bits per heavy atom. The molecule has 1 N–H and O–H groups in total. The fraction of sp³-hybridized carbons (Fsp3) is 0.286. The first-order valence-corrected chi connectivity index (χ1v) is 7.35. The summed E-state index contributed by atoms with van der Waals surface area (Å²) in [5.41, 5.74) is 0. The molecule has 0 aromatic carbocycles. The Morgan fingerprint density at radius 2 is 2.06 bits per heavy atom. The minimum absolute atomic E-state index is 0.384. The van der Waals surface area contributed by atoms with Gasteiger partial charge in [-0.15, -0.1) is 28.6 Å². The van der Waals surface area contributed by atoms with Gasteiger partial charge in [0.15, 0.2) is 0 Å². The molecular formula is C14H15NS2. The van der Waals surface area contributed by atoms with Gasteiger partial charge >= 0.3 is 0 Å². The van der Waals surface area contributed by atoms with Gasteiger partial charge in [-0.25, -0.2) is 0 Å². The summed E-state index contributed by atoms with van der Waals surface area (Å²) in [5.74, 6) is 5.99. The molecule has 0 aliphatic rings. The van der Waals surface area contributed by atoms with Gasteiger partial charge < -0.3 is 0 Å². The first kappa shape index (κ1) is 12.4. The second kappa shape index (κ2) is 6.61. The highest BCUT2D eigenvalue weighted by atomic mass is 32.1. The highest BCUT2D eigenvalue weighted by Gasteiger charge is 2.12. The van der Waals surface area contributed by atoms with Crippen molar-refractivity contribution in [2.45, 2.75) is 19.4 Å². The van der Waals surface area contributed by atoms with Crippen LogP contribution < -0.4 is 5.32 Å². The van der Waals surface area contributed by atoms with Crippen LogP contribution in [0.2, 0.25) is 0 Å². The molecule has 2 aromatic heterocycles. The van der Waals surface area contributed by atoms with Gasteiger partial charge in [0.2, 0.25) is 0 Å². The van der Waals surface area contributed by atoms with Crippen LogP contribution in [0.1, 0.15) is 22.7 Å². The third-order valence-electron chi connectivity index (χ3n) is 2.49. The molecule has 1 atom stereocenters. The molecule has 0 aliphatic heterocycles. The summed E-state index contributed by atoms with van der Waals surface area (Å²) in [4.78, 5) is 2.80. The zero-order chi connectivity index (χ0) is 11.9. The van der Waals surface area contributed by atoms with Gasteiger partial charge in [0.25, 0.3) is 0 Å². The van der Waals surface area contributed by atoms with Crippen LogP contribution in [0.15, 0.2) is 35.0 Å². The molecular weight excluding hydrogens is 246 g/mol. The lowest BCUT2D eigenvalue weighted by molar-refractivity contribution is 0.582. The third kappa shape index (κ3) is 3.71. The van der Waals surface area contributed by atoms with Gasteiger partial charge in [-0.05, 0) is 29.8 Å². The molecule has 2 aromatic rings. The Bertz CT molecular complexity index is 474. The average molecular weight is 261 g/mol. The minimum atomic E-state index is 0.384. The number of thiophene rings is 2. The largest absolute Gasteiger partial charge is 0.298 e. The van der Waals surface area contributed by atoms with Gasteiger partial charge in [-0.1, -0.05) is 18.1 Å². The molecule has 1 unspecified atom stereocenters. The third-order valence-corrected chi connectivity index (χ3v) is 4.37. The molecule has 0 radical (unpaired) electrons. The van der Waals surface area contributed by atoms with Crippen LogP contribution in [0, 0.1) is 11.8 Å². The Labute approximate surface area is 111 Å². The van der Waals surface area contributed by atoms with Crippen molar-refractivity contribution in [1.29, 1.82) is 0 Å². The summed E-state index contributed by atoms with van der Waals surface area (Å²) in [6.45, 7) is 2.63. The summed E-state index contributed by atoms with van der Waals surface area (Å²) in [5, 5.41) is 7.77. The Balaban J connectivity index is 2.03. The summed E-state index contributed by atoms with van der Waals surface area (Å²) in [6.07, 6.45) is 1.05. The van der Waals surface area contributed by atoms with Crippen LogP contribution in [-0.4, -0.2) is 6.54 Å². The van der Waals surface area contributed by atoms with Crippen molar-refractivity contribution >= 4 is 22.7 Å². The van der Waals surface area contributed by atoms with Crippen molar-refractivity contribution in [1.82, 2.24) is 5.32 Å². The van der Waals surface area contributed by atoms with E-state index in [9.17, 15) is 0 Å². The summed E-state index contributed by atoms with van der Waals surface area (Å²) in [7, 11) is 0. The molecule has 0 saturated carbocycles. The van der Waals surface area contributed by atoms with Crippen molar-refractivity contribution in [3.63, 3.8) is 0 Å². The van der Waals surface area contributed by atoms with E-state index < -0.39 is 0 Å². The molecule has 17 heavy (non-hydrogen) atoms. The topological polar surface area (TPSA) is 12.0 Å². The maximum Gasteiger partial charge on any atom is 0.0581 e. The summed E-state index contributed by atoms with van der Waals surface area (Å²) in [6, 6.07) is 8.98. The SMILES string of the molecule is CC#CCNC(Cc1cccs1)c1cccs1. The predicted octanol–water partition coefficient (Wildman–Crippen LogP) is 3.71. The fourth-order valence-electron chi connectivity index (χ4n) is 1.66. The zero-order valence-electron chi connectivity index (χ0n) is 9.77. The summed E-state index contributed by atoms with van der Waals surface area (Å²) >= 11 is 3.62. The molecule has 0 saturated heterocycles. The minimum Gasteiger partial charge on any atom is -0.298 e. The number of rotatable bonds is 5. The maximum atomic E-state index is 3.50. The van der Waals surface area contributed by atoms with E-state index in [4.69, 9.17) is 0 Å². The fourth-order valence-corrected chi connectivity index (χ4v) is 3.21. The molecule has 1 nitrogen and oxygen atoms in total. The zero-order valence-corrected chi connectivity index (χ0v) is 11.4. The molecule has 0 spiro atoms. The lowest BCUT2D eigenvalue weighted by Gasteiger charge is -2.14. The van der Waals surface area contributed by atoms with Crippen LogP contribution in [0.5, 0.6) is 0 Å². The molecule has 88 valence electrons.